The van der Waals surface area contributed by atoms with Gasteiger partial charge in [0, 0.05) is 0 Å². The van der Waals surface area contributed by atoms with Crippen molar-refractivity contribution in [3.63, 3.8) is 0 Å². The maximum absolute atomic E-state index is 4.10. The minimum absolute atomic E-state index is 1.05. The molecule has 0 atom stereocenters. The van der Waals surface area contributed by atoms with E-state index in [0.29, 0.717) is 0 Å². The topological polar surface area (TPSA) is 51.6 Å². The third-order valence-corrected chi connectivity index (χ3v) is 12.5. The normalized spacial score (nSPS) is 11.3. The van der Waals surface area contributed by atoms with Crippen LogP contribution in [0.1, 0.15) is 0 Å². The van der Waals surface area contributed by atoms with E-state index in [1.165, 1.54) is 8.79 Å². The Kier molecular flexibility index (Phi) is 4.81. The fourth-order valence-corrected chi connectivity index (χ4v) is 8.12. The number of nitrogens with zero attached hydrogens (tertiary/aromatic N) is 4. The van der Waals surface area contributed by atoms with Gasteiger partial charge in [0.15, 0.2) is 0 Å². The van der Waals surface area contributed by atoms with E-state index >= 15 is 0 Å². The molecule has 4 aromatic rings. The second-order valence-electron chi connectivity index (χ2n) is 7.03. The van der Waals surface area contributed by atoms with Crippen molar-refractivity contribution in [3.8, 4) is 22.3 Å². The molecule has 132 valence electrons. The first-order valence-corrected chi connectivity index (χ1v) is 15.2. The zero-order valence-corrected chi connectivity index (χ0v) is 17.5. The molecule has 5 heteroatoms. The van der Waals surface area contributed by atoms with Crippen molar-refractivity contribution in [1.82, 2.24) is 19.9 Å². The van der Waals surface area contributed by atoms with E-state index in [1.807, 2.05) is 24.8 Å². The summed E-state index contributed by atoms with van der Waals surface area (Å²) in [6.07, 6.45) is 10.5. The Hall–Kier alpha value is -2.86. The first-order valence-electron chi connectivity index (χ1n) is 8.86. The summed E-state index contributed by atoms with van der Waals surface area (Å²) >= 11 is -2.35. The molecule has 0 radical (unpaired) electrons. The molecule has 0 saturated heterocycles. The van der Waals surface area contributed by atoms with Crippen LogP contribution in [0.25, 0.3) is 22.3 Å². The molecule has 0 spiro atoms. The number of hydrogen-bond acceptors (Lipinski definition) is 4. The Balaban J connectivity index is 1.61. The van der Waals surface area contributed by atoms with Gasteiger partial charge in [0.25, 0.3) is 0 Å². The summed E-state index contributed by atoms with van der Waals surface area (Å²) in [5, 5.41) is 0. The van der Waals surface area contributed by atoms with Crippen LogP contribution in [0.2, 0.25) is 11.5 Å². The molecule has 0 saturated carbocycles. The second-order valence-corrected chi connectivity index (χ2v) is 16.3. The molecular weight excluding hydrogens is 393 g/mol. The van der Waals surface area contributed by atoms with Crippen molar-refractivity contribution in [3.05, 3.63) is 86.0 Å². The Bertz CT molecular complexity index is 930. The van der Waals surface area contributed by atoms with Gasteiger partial charge in [0.05, 0.1) is 0 Å². The Morgan fingerprint density at radius 3 is 1.15 bits per heavy atom. The van der Waals surface area contributed by atoms with Crippen LogP contribution >= 0.6 is 0 Å². The summed E-state index contributed by atoms with van der Waals surface area (Å²) < 4.78 is 2.90. The van der Waals surface area contributed by atoms with E-state index < -0.39 is 13.3 Å². The van der Waals surface area contributed by atoms with Gasteiger partial charge >= 0.3 is 162 Å². The van der Waals surface area contributed by atoms with Crippen LogP contribution in [0, 0.1) is 0 Å². The van der Waals surface area contributed by atoms with Crippen molar-refractivity contribution < 1.29 is 0 Å². The van der Waals surface area contributed by atoms with Gasteiger partial charge in [-0.05, 0) is 0 Å². The van der Waals surface area contributed by atoms with Crippen LogP contribution in [0.5, 0.6) is 0 Å². The molecule has 4 rings (SSSR count). The minimum atomic E-state index is -2.35. The molecule has 0 N–H and O–H groups in total. The molecule has 0 aliphatic rings. The molecular formula is C22H20GeN4. The first kappa shape index (κ1) is 17.6. The fourth-order valence-electron chi connectivity index (χ4n) is 3.22. The zero-order valence-electron chi connectivity index (χ0n) is 15.4. The second kappa shape index (κ2) is 7.41. The average Bonchev–Trinajstić information content (AvgIpc) is 2.75. The predicted octanol–water partition coefficient (Wildman–Crippen LogP) is 3.42. The standard InChI is InChI=1S/C22H20GeN4/c1-23(2,21-7-3-17(4-8-21)19-11-24-15-25-12-19)22-9-5-18(6-10-22)20-13-26-16-27-14-20/h3-16H,1-2H3. The number of rotatable bonds is 4. The third-order valence-electron chi connectivity index (χ3n) is 5.00. The summed E-state index contributed by atoms with van der Waals surface area (Å²) in [5.74, 6) is 4.86. The van der Waals surface area contributed by atoms with Crippen LogP contribution < -0.4 is 8.79 Å². The van der Waals surface area contributed by atoms with E-state index in [-0.39, 0.29) is 0 Å². The van der Waals surface area contributed by atoms with E-state index in [9.17, 15) is 0 Å². The molecule has 0 amide bonds. The molecule has 0 aliphatic heterocycles. The summed E-state index contributed by atoms with van der Waals surface area (Å²) in [7, 11) is 0. The van der Waals surface area contributed by atoms with Crippen LogP contribution in [-0.2, 0) is 0 Å². The van der Waals surface area contributed by atoms with Gasteiger partial charge in [-0.3, -0.25) is 0 Å². The summed E-state index contributed by atoms with van der Waals surface area (Å²) in [6, 6.07) is 17.8. The fraction of sp³-hybridized carbons (Fsp3) is 0.0909. The van der Waals surface area contributed by atoms with Crippen molar-refractivity contribution in [1.29, 1.82) is 0 Å². The Morgan fingerprint density at radius 1 is 0.481 bits per heavy atom. The van der Waals surface area contributed by atoms with Crippen molar-refractivity contribution in [2.45, 2.75) is 11.5 Å². The molecule has 0 aliphatic carbocycles. The number of aromatic nitrogens is 4. The average molecular weight is 413 g/mol. The molecule has 0 bridgehead atoms. The Morgan fingerprint density at radius 2 is 0.815 bits per heavy atom. The molecule has 4 nitrogen and oxygen atoms in total. The van der Waals surface area contributed by atoms with E-state index in [2.05, 4.69) is 80.0 Å². The molecule has 0 fully saturated rings. The van der Waals surface area contributed by atoms with E-state index in [4.69, 9.17) is 0 Å². The third kappa shape index (κ3) is 3.66. The summed E-state index contributed by atoms with van der Waals surface area (Å²) in [5.41, 5.74) is 4.39. The first-order chi connectivity index (χ1) is 13.1. The van der Waals surface area contributed by atoms with Crippen molar-refractivity contribution >= 4 is 22.1 Å². The van der Waals surface area contributed by atoms with Crippen molar-refractivity contribution in [2.24, 2.45) is 0 Å². The molecule has 0 unspecified atom stereocenters. The quantitative estimate of drug-likeness (QED) is 0.482. The van der Waals surface area contributed by atoms with E-state index in [1.54, 1.807) is 12.7 Å². The number of hydrogen-bond donors (Lipinski definition) is 0. The van der Waals surface area contributed by atoms with Gasteiger partial charge in [-0.2, -0.15) is 0 Å². The molecule has 2 aromatic carbocycles. The van der Waals surface area contributed by atoms with Crippen LogP contribution in [0.4, 0.5) is 0 Å². The van der Waals surface area contributed by atoms with Gasteiger partial charge in [-0.1, -0.05) is 0 Å². The molecule has 2 heterocycles. The van der Waals surface area contributed by atoms with Gasteiger partial charge in [-0.15, -0.1) is 0 Å². The number of benzene rings is 2. The van der Waals surface area contributed by atoms with E-state index in [0.717, 1.165) is 22.3 Å². The predicted molar refractivity (Wildman–Crippen MR) is 112 cm³/mol. The van der Waals surface area contributed by atoms with Crippen LogP contribution in [0.15, 0.2) is 86.0 Å². The van der Waals surface area contributed by atoms with Gasteiger partial charge in [0.1, 0.15) is 0 Å². The van der Waals surface area contributed by atoms with Gasteiger partial charge in [-0.25, -0.2) is 0 Å². The van der Waals surface area contributed by atoms with Gasteiger partial charge in [0.2, 0.25) is 0 Å². The molecule has 2 aromatic heterocycles. The van der Waals surface area contributed by atoms with Gasteiger partial charge < -0.3 is 0 Å². The maximum atomic E-state index is 4.10. The van der Waals surface area contributed by atoms with Crippen LogP contribution in [0.3, 0.4) is 0 Å². The SMILES string of the molecule is [CH3][Ge]([CH3])([c]1ccc(-c2cncnc2)cc1)[c]1ccc(-c2cncnc2)cc1. The Labute approximate surface area is 161 Å². The monoisotopic (exact) mass is 414 g/mol. The van der Waals surface area contributed by atoms with Crippen LogP contribution in [-0.4, -0.2) is 33.2 Å². The summed E-state index contributed by atoms with van der Waals surface area (Å²) in [6.45, 7) is 0. The molecule has 27 heavy (non-hydrogen) atoms. The van der Waals surface area contributed by atoms with Crippen molar-refractivity contribution in [2.75, 3.05) is 0 Å². The summed E-state index contributed by atoms with van der Waals surface area (Å²) in [4.78, 5) is 16.4. The zero-order chi connectivity index (χ0) is 18.7.